The van der Waals surface area contributed by atoms with Crippen molar-refractivity contribution < 1.29 is 9.84 Å². The number of aromatic nitrogens is 3. The van der Waals surface area contributed by atoms with Crippen LogP contribution in [0.25, 0.3) is 0 Å². The summed E-state index contributed by atoms with van der Waals surface area (Å²) in [6.45, 7) is 10.5. The van der Waals surface area contributed by atoms with Gasteiger partial charge in [-0.05, 0) is 33.6 Å². The maximum Gasteiger partial charge on any atom is 0.159 e. The highest BCUT2D eigenvalue weighted by atomic mass is 16.5. The van der Waals surface area contributed by atoms with Crippen molar-refractivity contribution in [3.63, 3.8) is 0 Å². The van der Waals surface area contributed by atoms with E-state index in [1.807, 2.05) is 4.57 Å². The zero-order valence-corrected chi connectivity index (χ0v) is 11.8. The van der Waals surface area contributed by atoms with Crippen molar-refractivity contribution in [2.75, 3.05) is 0 Å². The topological polar surface area (TPSA) is 60.2 Å². The molecule has 1 N–H and O–H groups in total. The number of ether oxygens (including phenoxy) is 1. The molecule has 0 aromatic carbocycles. The predicted octanol–water partition coefficient (Wildman–Crippen LogP) is 1.88. The average molecular weight is 253 g/mol. The molecule has 0 saturated carbocycles. The largest absolute Gasteiger partial charge is 0.388 e. The Morgan fingerprint density at radius 2 is 1.89 bits per heavy atom. The summed E-state index contributed by atoms with van der Waals surface area (Å²) in [5.41, 5.74) is 0. The number of rotatable bonds is 3. The van der Waals surface area contributed by atoms with Gasteiger partial charge in [-0.3, -0.25) is 0 Å². The van der Waals surface area contributed by atoms with Crippen molar-refractivity contribution in [2.24, 2.45) is 5.92 Å². The highest BCUT2D eigenvalue weighted by molar-refractivity contribution is 5.10. The first kappa shape index (κ1) is 13.5. The van der Waals surface area contributed by atoms with Gasteiger partial charge in [0.15, 0.2) is 5.82 Å². The van der Waals surface area contributed by atoms with Crippen LogP contribution in [0.3, 0.4) is 0 Å². The van der Waals surface area contributed by atoms with E-state index in [0.29, 0.717) is 11.7 Å². The van der Waals surface area contributed by atoms with Gasteiger partial charge in [-0.1, -0.05) is 6.92 Å². The molecule has 1 aliphatic heterocycles. The minimum atomic E-state index is -0.0723. The van der Waals surface area contributed by atoms with E-state index in [1.165, 1.54) is 0 Å². The fourth-order valence-electron chi connectivity index (χ4n) is 2.95. The first-order valence-corrected chi connectivity index (χ1v) is 6.67. The van der Waals surface area contributed by atoms with Gasteiger partial charge in [0.25, 0.3) is 0 Å². The van der Waals surface area contributed by atoms with Gasteiger partial charge in [-0.2, -0.15) is 0 Å². The second kappa shape index (κ2) is 4.97. The fraction of sp³-hybridized carbons (Fsp3) is 0.846. The molecular formula is C13H23N3O2. The van der Waals surface area contributed by atoms with Crippen LogP contribution in [0.4, 0.5) is 0 Å². The molecule has 5 nitrogen and oxygen atoms in total. The molecule has 4 unspecified atom stereocenters. The summed E-state index contributed by atoms with van der Waals surface area (Å²) in [6, 6.07) is 0.243. The summed E-state index contributed by atoms with van der Waals surface area (Å²) < 4.78 is 7.92. The van der Waals surface area contributed by atoms with Gasteiger partial charge in [0, 0.05) is 6.04 Å². The van der Waals surface area contributed by atoms with Gasteiger partial charge in [-0.25, -0.2) is 0 Å². The van der Waals surface area contributed by atoms with Gasteiger partial charge in [0.05, 0.1) is 18.1 Å². The average Bonchev–Trinajstić information content (AvgIpc) is 2.81. The number of hydrogen-bond donors (Lipinski definition) is 1. The molecule has 0 amide bonds. The van der Waals surface area contributed by atoms with Gasteiger partial charge in [-0.15, -0.1) is 10.2 Å². The van der Waals surface area contributed by atoms with E-state index in [-0.39, 0.29) is 30.8 Å². The smallest absolute Gasteiger partial charge is 0.159 e. The molecule has 0 spiro atoms. The van der Waals surface area contributed by atoms with Crippen LogP contribution in [0.5, 0.6) is 0 Å². The zero-order chi connectivity index (χ0) is 13.4. The van der Waals surface area contributed by atoms with Gasteiger partial charge in [0.2, 0.25) is 0 Å². The summed E-state index contributed by atoms with van der Waals surface area (Å²) in [4.78, 5) is 0. The van der Waals surface area contributed by atoms with Gasteiger partial charge < -0.3 is 14.4 Å². The Balaban J connectivity index is 2.42. The van der Waals surface area contributed by atoms with E-state index < -0.39 is 0 Å². The Morgan fingerprint density at radius 3 is 2.33 bits per heavy atom. The summed E-state index contributed by atoms with van der Waals surface area (Å²) in [5, 5.41) is 17.8. The van der Waals surface area contributed by atoms with Crippen molar-refractivity contribution >= 4 is 0 Å². The minimum absolute atomic E-state index is 0.0723. The predicted molar refractivity (Wildman–Crippen MR) is 68.2 cm³/mol. The SMILES string of the molecule is CC1OC(C)C(c2nnc(CO)n2C(C)C)C1C. The number of hydrogen-bond acceptors (Lipinski definition) is 4. The first-order chi connectivity index (χ1) is 8.47. The van der Waals surface area contributed by atoms with Crippen LogP contribution in [0, 0.1) is 5.92 Å². The lowest BCUT2D eigenvalue weighted by Gasteiger charge is -2.21. The summed E-state index contributed by atoms with van der Waals surface area (Å²) >= 11 is 0. The first-order valence-electron chi connectivity index (χ1n) is 6.67. The molecule has 1 saturated heterocycles. The molecular weight excluding hydrogens is 230 g/mol. The number of aliphatic hydroxyl groups excluding tert-OH is 1. The molecule has 0 bridgehead atoms. The van der Waals surface area contributed by atoms with E-state index in [0.717, 1.165) is 5.82 Å². The highest BCUT2D eigenvalue weighted by Crippen LogP contribution is 2.39. The maximum absolute atomic E-state index is 9.35. The van der Waals surface area contributed by atoms with E-state index in [1.54, 1.807) is 0 Å². The van der Waals surface area contributed by atoms with Gasteiger partial charge >= 0.3 is 0 Å². The van der Waals surface area contributed by atoms with Crippen molar-refractivity contribution in [3.05, 3.63) is 11.6 Å². The third-order valence-corrected chi connectivity index (χ3v) is 3.99. The molecule has 5 heteroatoms. The van der Waals surface area contributed by atoms with Crippen LogP contribution in [-0.2, 0) is 11.3 Å². The quantitative estimate of drug-likeness (QED) is 0.893. The second-order valence-corrected chi connectivity index (χ2v) is 5.53. The lowest BCUT2D eigenvalue weighted by atomic mass is 9.88. The maximum atomic E-state index is 9.35. The van der Waals surface area contributed by atoms with E-state index >= 15 is 0 Å². The number of nitrogens with zero attached hydrogens (tertiary/aromatic N) is 3. The zero-order valence-electron chi connectivity index (χ0n) is 11.8. The van der Waals surface area contributed by atoms with Crippen LogP contribution in [0.2, 0.25) is 0 Å². The fourth-order valence-corrected chi connectivity index (χ4v) is 2.95. The lowest BCUT2D eigenvalue weighted by Crippen LogP contribution is -2.21. The molecule has 0 radical (unpaired) electrons. The van der Waals surface area contributed by atoms with E-state index in [9.17, 15) is 5.11 Å². The molecule has 2 heterocycles. The Labute approximate surface area is 108 Å². The Bertz CT molecular complexity index is 416. The molecule has 18 heavy (non-hydrogen) atoms. The number of aliphatic hydroxyl groups is 1. The van der Waals surface area contributed by atoms with Crippen molar-refractivity contribution in [1.82, 2.24) is 14.8 Å². The van der Waals surface area contributed by atoms with Crippen LogP contribution in [0.15, 0.2) is 0 Å². The Morgan fingerprint density at radius 1 is 1.22 bits per heavy atom. The molecule has 4 atom stereocenters. The summed E-state index contributed by atoms with van der Waals surface area (Å²) in [6.07, 6.45) is 0.378. The second-order valence-electron chi connectivity index (χ2n) is 5.53. The van der Waals surface area contributed by atoms with Crippen LogP contribution < -0.4 is 0 Å². The van der Waals surface area contributed by atoms with Crippen LogP contribution in [0.1, 0.15) is 58.2 Å². The standard InChI is InChI=1S/C13H23N3O2/c1-7(2)16-11(6-17)14-15-13(16)12-8(3)9(4)18-10(12)5/h7-10,12,17H,6H2,1-5H3. The molecule has 102 valence electrons. The molecule has 1 aromatic rings. The highest BCUT2D eigenvalue weighted by Gasteiger charge is 2.41. The summed E-state index contributed by atoms with van der Waals surface area (Å²) in [7, 11) is 0. The Kier molecular flexibility index (Phi) is 3.73. The molecule has 2 rings (SSSR count). The van der Waals surface area contributed by atoms with Crippen LogP contribution >= 0.6 is 0 Å². The Hall–Kier alpha value is -0.940. The van der Waals surface area contributed by atoms with Gasteiger partial charge in [0.1, 0.15) is 12.4 Å². The van der Waals surface area contributed by atoms with Crippen LogP contribution in [-0.4, -0.2) is 32.1 Å². The molecule has 1 aromatic heterocycles. The van der Waals surface area contributed by atoms with Crippen molar-refractivity contribution in [1.29, 1.82) is 0 Å². The lowest BCUT2D eigenvalue weighted by molar-refractivity contribution is 0.0551. The van der Waals surface area contributed by atoms with Crippen molar-refractivity contribution in [3.8, 4) is 0 Å². The van der Waals surface area contributed by atoms with E-state index in [2.05, 4.69) is 44.8 Å². The molecule has 0 aliphatic carbocycles. The molecule has 1 aliphatic rings. The van der Waals surface area contributed by atoms with Crippen molar-refractivity contribution in [2.45, 2.75) is 65.4 Å². The summed E-state index contributed by atoms with van der Waals surface area (Å²) in [5.74, 6) is 2.24. The monoisotopic (exact) mass is 253 g/mol. The van der Waals surface area contributed by atoms with E-state index in [4.69, 9.17) is 4.74 Å². The third kappa shape index (κ3) is 2.06. The minimum Gasteiger partial charge on any atom is -0.388 e. The molecule has 1 fully saturated rings. The normalized spacial score (nSPS) is 32.4. The third-order valence-electron chi connectivity index (χ3n) is 3.99.